The number of benzene rings is 1. The van der Waals surface area contributed by atoms with Gasteiger partial charge in [-0.1, -0.05) is 30.3 Å². The number of esters is 1. The molecule has 0 bridgehead atoms. The third-order valence-electron chi connectivity index (χ3n) is 4.54. The number of ether oxygens (including phenoxy) is 2. The third kappa shape index (κ3) is 4.92. The lowest BCUT2D eigenvalue weighted by atomic mass is 10.1. The lowest BCUT2D eigenvalue weighted by Crippen LogP contribution is -2.25. The molecule has 25 heavy (non-hydrogen) atoms. The Hall–Kier alpha value is -2.14. The van der Waals surface area contributed by atoms with Gasteiger partial charge in [-0.05, 0) is 31.7 Å². The molecule has 0 spiro atoms. The van der Waals surface area contributed by atoms with Crippen LogP contribution in [0.2, 0.25) is 0 Å². The summed E-state index contributed by atoms with van der Waals surface area (Å²) in [5, 5.41) is 0. The van der Waals surface area contributed by atoms with E-state index in [1.807, 2.05) is 31.5 Å². The van der Waals surface area contributed by atoms with Crippen LogP contribution in [0.3, 0.4) is 0 Å². The Balaban J connectivity index is 1.79. The van der Waals surface area contributed by atoms with Crippen molar-refractivity contribution in [2.75, 3.05) is 13.2 Å². The second-order valence-electron chi connectivity index (χ2n) is 6.42. The van der Waals surface area contributed by atoms with Crippen LogP contribution in [0.25, 0.3) is 0 Å². The second-order valence-corrected chi connectivity index (χ2v) is 6.42. The Morgan fingerprint density at radius 1 is 1.32 bits per heavy atom. The first-order valence-corrected chi connectivity index (χ1v) is 9.10. The van der Waals surface area contributed by atoms with E-state index in [0.29, 0.717) is 13.0 Å². The summed E-state index contributed by atoms with van der Waals surface area (Å²) in [6.07, 6.45) is 6.40. The summed E-state index contributed by atoms with van der Waals surface area (Å²) in [7, 11) is 0. The first-order valence-electron chi connectivity index (χ1n) is 9.10. The monoisotopic (exact) mass is 342 g/mol. The molecule has 2 aromatic rings. The molecular weight excluding hydrogens is 316 g/mol. The molecule has 5 heteroatoms. The number of hydrogen-bond donors (Lipinski definition) is 0. The van der Waals surface area contributed by atoms with Gasteiger partial charge in [0, 0.05) is 13.0 Å². The molecule has 3 rings (SSSR count). The summed E-state index contributed by atoms with van der Waals surface area (Å²) in [5.41, 5.74) is 3.07. The Morgan fingerprint density at radius 2 is 2.16 bits per heavy atom. The number of imidazole rings is 1. The highest BCUT2D eigenvalue weighted by molar-refractivity contribution is 5.72. The minimum atomic E-state index is -0.205. The van der Waals surface area contributed by atoms with E-state index in [0.717, 1.165) is 37.4 Å². The van der Waals surface area contributed by atoms with Crippen molar-refractivity contribution >= 4 is 5.97 Å². The first-order chi connectivity index (χ1) is 12.3. The fraction of sp³-hybridized carbons (Fsp3) is 0.500. The molecule has 0 amide bonds. The Bertz CT molecular complexity index is 676. The molecule has 1 fully saturated rings. The number of aromatic nitrogens is 2. The predicted molar refractivity (Wildman–Crippen MR) is 95.4 cm³/mol. The van der Waals surface area contributed by atoms with Crippen molar-refractivity contribution in [1.29, 1.82) is 0 Å². The largest absolute Gasteiger partial charge is 0.466 e. The van der Waals surface area contributed by atoms with Gasteiger partial charge in [0.05, 0.1) is 43.4 Å². The van der Waals surface area contributed by atoms with Crippen LogP contribution in [-0.4, -0.2) is 34.8 Å². The number of carbonyl (C=O) groups is 1. The average molecular weight is 342 g/mol. The van der Waals surface area contributed by atoms with Crippen molar-refractivity contribution < 1.29 is 14.3 Å². The van der Waals surface area contributed by atoms with Gasteiger partial charge in [-0.25, -0.2) is 4.98 Å². The van der Waals surface area contributed by atoms with Crippen LogP contribution in [0.15, 0.2) is 36.7 Å². The molecule has 1 atom stereocenters. The number of carbonyl (C=O) groups excluding carboxylic acids is 1. The van der Waals surface area contributed by atoms with Crippen LogP contribution in [0.4, 0.5) is 0 Å². The van der Waals surface area contributed by atoms with E-state index in [4.69, 9.17) is 9.47 Å². The number of hydrogen-bond acceptors (Lipinski definition) is 4. The van der Waals surface area contributed by atoms with Gasteiger partial charge in [-0.15, -0.1) is 0 Å². The van der Waals surface area contributed by atoms with E-state index in [-0.39, 0.29) is 18.5 Å². The molecule has 0 saturated carbocycles. The van der Waals surface area contributed by atoms with E-state index in [9.17, 15) is 4.79 Å². The molecule has 0 aliphatic carbocycles. The highest BCUT2D eigenvalue weighted by atomic mass is 16.5. The van der Waals surface area contributed by atoms with Gasteiger partial charge in [0.25, 0.3) is 0 Å². The highest BCUT2D eigenvalue weighted by Gasteiger charge is 2.20. The fourth-order valence-electron chi connectivity index (χ4n) is 3.27. The number of nitrogens with zero attached hydrogens (tertiary/aromatic N) is 2. The molecule has 1 aliphatic rings. The zero-order valence-corrected chi connectivity index (χ0v) is 14.8. The Morgan fingerprint density at radius 3 is 2.88 bits per heavy atom. The van der Waals surface area contributed by atoms with Gasteiger partial charge in [0.15, 0.2) is 0 Å². The van der Waals surface area contributed by atoms with Crippen molar-refractivity contribution in [3.63, 3.8) is 0 Å². The molecule has 134 valence electrons. The summed E-state index contributed by atoms with van der Waals surface area (Å²) in [6.45, 7) is 3.79. The van der Waals surface area contributed by atoms with Crippen LogP contribution >= 0.6 is 0 Å². The maximum absolute atomic E-state index is 12.1. The van der Waals surface area contributed by atoms with E-state index in [1.54, 1.807) is 0 Å². The molecule has 0 N–H and O–H groups in total. The maximum atomic E-state index is 12.1. The lowest BCUT2D eigenvalue weighted by Gasteiger charge is -2.23. The van der Waals surface area contributed by atoms with Gasteiger partial charge < -0.3 is 14.0 Å². The standard InChI is InChI=1S/C20H26N2O3/c1-2-24-20(23)13-19-18(12-16-8-4-3-5-9-16)21-15-22(19)14-17-10-6-7-11-25-17/h3-5,8-9,15,17H,2,6-7,10-14H2,1H3. The van der Waals surface area contributed by atoms with Gasteiger partial charge >= 0.3 is 5.97 Å². The van der Waals surface area contributed by atoms with Gasteiger partial charge in [0.1, 0.15) is 0 Å². The van der Waals surface area contributed by atoms with Crippen LogP contribution < -0.4 is 0 Å². The van der Waals surface area contributed by atoms with Crippen LogP contribution in [-0.2, 0) is 33.7 Å². The van der Waals surface area contributed by atoms with Crippen molar-refractivity contribution in [3.8, 4) is 0 Å². The number of rotatable bonds is 7. The lowest BCUT2D eigenvalue weighted by molar-refractivity contribution is -0.142. The SMILES string of the molecule is CCOC(=O)Cc1c(Cc2ccccc2)ncn1CC1CCCCO1. The minimum absolute atomic E-state index is 0.202. The molecule has 1 aromatic heterocycles. The molecule has 5 nitrogen and oxygen atoms in total. The van der Waals surface area contributed by atoms with Crippen molar-refractivity contribution in [3.05, 3.63) is 53.6 Å². The molecule has 1 saturated heterocycles. The summed E-state index contributed by atoms with van der Waals surface area (Å²) in [4.78, 5) is 16.7. The predicted octanol–water partition coefficient (Wildman–Crippen LogP) is 3.15. The smallest absolute Gasteiger partial charge is 0.311 e. The van der Waals surface area contributed by atoms with Crippen LogP contribution in [0.5, 0.6) is 0 Å². The summed E-state index contributed by atoms with van der Waals surface area (Å²) < 4.78 is 13.1. The van der Waals surface area contributed by atoms with Gasteiger partial charge in [-0.3, -0.25) is 4.79 Å². The highest BCUT2D eigenvalue weighted by Crippen LogP contribution is 2.19. The van der Waals surface area contributed by atoms with E-state index < -0.39 is 0 Å². The van der Waals surface area contributed by atoms with Crippen molar-refractivity contribution in [2.24, 2.45) is 0 Å². The molecular formula is C20H26N2O3. The molecule has 1 aromatic carbocycles. The quantitative estimate of drug-likeness (QED) is 0.725. The average Bonchev–Trinajstić information content (AvgIpc) is 2.98. The Kier molecular flexibility index (Phi) is 6.23. The maximum Gasteiger partial charge on any atom is 0.311 e. The minimum Gasteiger partial charge on any atom is -0.466 e. The van der Waals surface area contributed by atoms with Crippen molar-refractivity contribution in [2.45, 2.75) is 51.7 Å². The molecule has 1 aliphatic heterocycles. The summed E-state index contributed by atoms with van der Waals surface area (Å²) in [6, 6.07) is 10.2. The third-order valence-corrected chi connectivity index (χ3v) is 4.54. The first kappa shape index (κ1) is 17.7. The zero-order valence-electron chi connectivity index (χ0n) is 14.8. The fourth-order valence-corrected chi connectivity index (χ4v) is 3.27. The molecule has 1 unspecified atom stereocenters. The second kappa shape index (κ2) is 8.81. The molecule has 2 heterocycles. The molecule has 0 radical (unpaired) electrons. The normalized spacial score (nSPS) is 17.4. The van der Waals surface area contributed by atoms with Crippen molar-refractivity contribution in [1.82, 2.24) is 9.55 Å². The Labute approximate surface area is 149 Å². The zero-order chi connectivity index (χ0) is 17.5. The topological polar surface area (TPSA) is 53.3 Å². The van der Waals surface area contributed by atoms with Gasteiger partial charge in [-0.2, -0.15) is 0 Å². The van der Waals surface area contributed by atoms with E-state index in [1.165, 1.54) is 12.0 Å². The van der Waals surface area contributed by atoms with E-state index >= 15 is 0 Å². The van der Waals surface area contributed by atoms with Crippen LogP contribution in [0.1, 0.15) is 43.1 Å². The van der Waals surface area contributed by atoms with Gasteiger partial charge in [0.2, 0.25) is 0 Å². The summed E-state index contributed by atoms with van der Waals surface area (Å²) in [5.74, 6) is -0.205. The summed E-state index contributed by atoms with van der Waals surface area (Å²) >= 11 is 0. The van der Waals surface area contributed by atoms with Crippen LogP contribution in [0, 0.1) is 0 Å². The van der Waals surface area contributed by atoms with E-state index in [2.05, 4.69) is 21.7 Å².